The van der Waals surface area contributed by atoms with Gasteiger partial charge >= 0.3 is 0 Å². The number of methoxy groups -OCH3 is 1. The molecule has 0 N–H and O–H groups in total. The zero-order valence-electron chi connectivity index (χ0n) is 13.7. The molecule has 0 spiro atoms. The zero-order valence-corrected chi connectivity index (χ0v) is 14.5. The van der Waals surface area contributed by atoms with Gasteiger partial charge in [-0.05, 0) is 24.3 Å². The third kappa shape index (κ3) is 3.21. The number of ether oxygens (including phenoxy) is 1. The smallest absolute Gasteiger partial charge is 0.243 e. The van der Waals surface area contributed by atoms with Gasteiger partial charge in [0, 0.05) is 17.5 Å². The number of pyridine rings is 1. The van der Waals surface area contributed by atoms with Crippen LogP contribution in [0.15, 0.2) is 71.9 Å². The first kappa shape index (κ1) is 15.7. The van der Waals surface area contributed by atoms with Crippen LogP contribution in [0, 0.1) is 0 Å². The van der Waals surface area contributed by atoms with E-state index in [0.29, 0.717) is 5.88 Å². The minimum absolute atomic E-state index is 0.640. The van der Waals surface area contributed by atoms with Crippen molar-refractivity contribution in [2.75, 3.05) is 7.11 Å². The molecule has 3 heterocycles. The highest BCUT2D eigenvalue weighted by Gasteiger charge is 2.16. The van der Waals surface area contributed by atoms with E-state index in [1.54, 1.807) is 29.6 Å². The first-order valence-electron chi connectivity index (χ1n) is 7.87. The molecule has 5 nitrogen and oxygen atoms in total. The number of thioether (sulfide) groups is 1. The average molecular weight is 348 g/mol. The molecule has 0 radical (unpaired) electrons. The Morgan fingerprint density at radius 2 is 1.84 bits per heavy atom. The van der Waals surface area contributed by atoms with Crippen molar-refractivity contribution in [3.05, 3.63) is 72.6 Å². The summed E-state index contributed by atoms with van der Waals surface area (Å²) in [5, 5.41) is 5.57. The lowest BCUT2D eigenvalue weighted by molar-refractivity contribution is 0.387. The van der Waals surface area contributed by atoms with Crippen LogP contribution in [0.2, 0.25) is 0 Å². The number of imidazole rings is 1. The predicted octanol–water partition coefficient (Wildman–Crippen LogP) is 4.09. The van der Waals surface area contributed by atoms with Gasteiger partial charge in [-0.1, -0.05) is 48.2 Å². The quantitative estimate of drug-likeness (QED) is 0.508. The van der Waals surface area contributed by atoms with Gasteiger partial charge in [0.25, 0.3) is 0 Å². The number of nitrogens with zero attached hydrogens (tertiary/aromatic N) is 4. The molecule has 4 aromatic rings. The molecule has 124 valence electrons. The first-order chi connectivity index (χ1) is 12.3. The molecule has 0 fully saturated rings. The van der Waals surface area contributed by atoms with Crippen LogP contribution in [-0.4, -0.2) is 26.7 Å². The number of fused-ring (bicyclic) bond motifs is 1. The van der Waals surface area contributed by atoms with Crippen LogP contribution >= 0.6 is 11.8 Å². The third-order valence-electron chi connectivity index (χ3n) is 3.75. The van der Waals surface area contributed by atoms with Crippen LogP contribution in [0.5, 0.6) is 5.88 Å². The summed E-state index contributed by atoms with van der Waals surface area (Å²) in [6.45, 7) is 0. The van der Waals surface area contributed by atoms with Crippen LogP contribution in [-0.2, 0) is 5.75 Å². The van der Waals surface area contributed by atoms with Gasteiger partial charge in [0.1, 0.15) is 10.7 Å². The Balaban J connectivity index is 1.68. The maximum absolute atomic E-state index is 5.59. The summed E-state index contributed by atoms with van der Waals surface area (Å²) in [5.74, 6) is 1.41. The fraction of sp³-hybridized carbons (Fsp3) is 0.105. The molecule has 4 rings (SSSR count). The molecule has 0 bridgehead atoms. The Kier molecular flexibility index (Phi) is 4.35. The molecule has 0 aliphatic rings. The second-order valence-electron chi connectivity index (χ2n) is 5.39. The molecule has 25 heavy (non-hydrogen) atoms. The number of benzene rings is 1. The van der Waals surface area contributed by atoms with Gasteiger partial charge < -0.3 is 4.74 Å². The van der Waals surface area contributed by atoms with Crippen molar-refractivity contribution in [2.24, 2.45) is 0 Å². The van der Waals surface area contributed by atoms with E-state index in [1.165, 1.54) is 0 Å². The van der Waals surface area contributed by atoms with Crippen molar-refractivity contribution in [2.45, 2.75) is 10.8 Å². The van der Waals surface area contributed by atoms with Crippen molar-refractivity contribution >= 4 is 17.4 Å². The summed E-state index contributed by atoms with van der Waals surface area (Å²) in [4.78, 5) is 9.01. The molecule has 6 heteroatoms. The summed E-state index contributed by atoms with van der Waals surface area (Å²) in [6.07, 6.45) is 1.80. The highest BCUT2D eigenvalue weighted by atomic mass is 32.2. The SMILES string of the molecule is COc1c(-c2ccccc2)nc2ccc(SCc3ccccn3)nn12. The van der Waals surface area contributed by atoms with Crippen molar-refractivity contribution in [1.82, 2.24) is 19.6 Å². The molecular formula is C19H16N4OS. The Morgan fingerprint density at radius 1 is 1.00 bits per heavy atom. The highest BCUT2D eigenvalue weighted by Crippen LogP contribution is 2.30. The lowest BCUT2D eigenvalue weighted by atomic mass is 10.2. The standard InChI is InChI=1S/C19H16N4OS/c1-24-19-18(14-7-3-2-4-8-14)21-16-10-11-17(22-23(16)19)25-13-15-9-5-6-12-20-15/h2-12H,13H2,1H3. The summed E-state index contributed by atoms with van der Waals surface area (Å²) in [7, 11) is 1.64. The van der Waals surface area contributed by atoms with E-state index in [1.807, 2.05) is 60.7 Å². The molecular weight excluding hydrogens is 332 g/mol. The monoisotopic (exact) mass is 348 g/mol. The minimum Gasteiger partial charge on any atom is -0.479 e. The fourth-order valence-electron chi connectivity index (χ4n) is 2.57. The maximum atomic E-state index is 5.59. The van der Waals surface area contributed by atoms with E-state index >= 15 is 0 Å². The Labute approximate surface area is 149 Å². The molecule has 1 aromatic carbocycles. The van der Waals surface area contributed by atoms with Crippen molar-refractivity contribution < 1.29 is 4.74 Å². The van der Waals surface area contributed by atoms with Gasteiger partial charge in [-0.15, -0.1) is 0 Å². The second kappa shape index (κ2) is 6.94. The normalized spacial score (nSPS) is 10.9. The average Bonchev–Trinajstić information content (AvgIpc) is 3.05. The van der Waals surface area contributed by atoms with Crippen molar-refractivity contribution in [3.63, 3.8) is 0 Å². The van der Waals surface area contributed by atoms with Crippen LogP contribution in [0.25, 0.3) is 16.9 Å². The Hall–Kier alpha value is -2.86. The molecule has 0 aliphatic heterocycles. The number of hydrogen-bond acceptors (Lipinski definition) is 5. The van der Waals surface area contributed by atoms with Gasteiger partial charge in [-0.3, -0.25) is 4.98 Å². The summed E-state index contributed by atoms with van der Waals surface area (Å²) in [6, 6.07) is 19.8. The Bertz CT molecular complexity index is 986. The van der Waals surface area contributed by atoms with Gasteiger partial charge in [-0.2, -0.15) is 9.61 Å². The highest BCUT2D eigenvalue weighted by molar-refractivity contribution is 7.98. The summed E-state index contributed by atoms with van der Waals surface area (Å²) in [5.41, 5.74) is 3.59. The van der Waals surface area contributed by atoms with Gasteiger partial charge in [0.2, 0.25) is 5.88 Å². The van der Waals surface area contributed by atoms with E-state index in [-0.39, 0.29) is 0 Å². The number of aromatic nitrogens is 4. The first-order valence-corrected chi connectivity index (χ1v) is 8.85. The van der Waals surface area contributed by atoms with Crippen LogP contribution in [0.4, 0.5) is 0 Å². The summed E-state index contributed by atoms with van der Waals surface area (Å²) < 4.78 is 7.34. The fourth-order valence-corrected chi connectivity index (χ4v) is 3.34. The Morgan fingerprint density at radius 3 is 2.60 bits per heavy atom. The molecule has 0 saturated heterocycles. The molecule has 0 unspecified atom stereocenters. The maximum Gasteiger partial charge on any atom is 0.243 e. The zero-order chi connectivity index (χ0) is 17.1. The van der Waals surface area contributed by atoms with E-state index in [9.17, 15) is 0 Å². The van der Waals surface area contributed by atoms with E-state index in [2.05, 4.69) is 15.1 Å². The number of rotatable bonds is 5. The minimum atomic E-state index is 0.640. The lowest BCUT2D eigenvalue weighted by Crippen LogP contribution is -1.97. The van der Waals surface area contributed by atoms with E-state index in [0.717, 1.165) is 33.4 Å². The second-order valence-corrected chi connectivity index (χ2v) is 6.38. The topological polar surface area (TPSA) is 52.3 Å². The van der Waals surface area contributed by atoms with Gasteiger partial charge in [0.15, 0.2) is 5.65 Å². The summed E-state index contributed by atoms with van der Waals surface area (Å²) >= 11 is 1.63. The van der Waals surface area contributed by atoms with Gasteiger partial charge in [-0.25, -0.2) is 4.98 Å². The molecule has 0 atom stereocenters. The van der Waals surface area contributed by atoms with Gasteiger partial charge in [0.05, 0.1) is 12.8 Å². The van der Waals surface area contributed by atoms with Crippen LogP contribution < -0.4 is 4.74 Å². The predicted molar refractivity (Wildman–Crippen MR) is 98.8 cm³/mol. The van der Waals surface area contributed by atoms with Crippen molar-refractivity contribution in [3.8, 4) is 17.1 Å². The molecule has 0 amide bonds. The van der Waals surface area contributed by atoms with Crippen LogP contribution in [0.3, 0.4) is 0 Å². The molecule has 0 aliphatic carbocycles. The number of hydrogen-bond donors (Lipinski definition) is 0. The van der Waals surface area contributed by atoms with E-state index < -0.39 is 0 Å². The third-order valence-corrected chi connectivity index (χ3v) is 4.70. The van der Waals surface area contributed by atoms with Crippen molar-refractivity contribution in [1.29, 1.82) is 0 Å². The molecule has 0 saturated carbocycles. The molecule has 3 aromatic heterocycles. The van der Waals surface area contributed by atoms with E-state index in [4.69, 9.17) is 4.74 Å². The lowest BCUT2D eigenvalue weighted by Gasteiger charge is -2.04. The van der Waals surface area contributed by atoms with Crippen LogP contribution in [0.1, 0.15) is 5.69 Å². The largest absolute Gasteiger partial charge is 0.479 e.